The van der Waals surface area contributed by atoms with Gasteiger partial charge in [0.25, 0.3) is 0 Å². The molecule has 1 aliphatic rings. The molecule has 1 heterocycles. The lowest BCUT2D eigenvalue weighted by molar-refractivity contribution is -0.137. The highest BCUT2D eigenvalue weighted by atomic mass is 16.5. The fourth-order valence-corrected chi connectivity index (χ4v) is 1.82. The number of hydrogen-bond donors (Lipinski definition) is 0. The van der Waals surface area contributed by atoms with Gasteiger partial charge in [-0.2, -0.15) is 5.10 Å². The van der Waals surface area contributed by atoms with Crippen molar-refractivity contribution in [2.24, 2.45) is 5.10 Å². The Morgan fingerprint density at radius 1 is 1.37 bits per heavy atom. The van der Waals surface area contributed by atoms with E-state index in [1.54, 1.807) is 0 Å². The monoisotopic (exact) mass is 260 g/mol. The minimum atomic E-state index is -0.456. The molecule has 100 valence electrons. The topological polar surface area (TPSA) is 59.0 Å². The van der Waals surface area contributed by atoms with E-state index in [1.807, 2.05) is 31.2 Å². The van der Waals surface area contributed by atoms with E-state index >= 15 is 0 Å². The third kappa shape index (κ3) is 3.19. The van der Waals surface area contributed by atoms with Crippen molar-refractivity contribution in [3.63, 3.8) is 0 Å². The quantitative estimate of drug-likeness (QED) is 0.776. The third-order valence-electron chi connectivity index (χ3n) is 3.06. The second kappa shape index (κ2) is 5.65. The van der Waals surface area contributed by atoms with Gasteiger partial charge in [-0.3, -0.25) is 4.79 Å². The smallest absolute Gasteiger partial charge is 0.354 e. The van der Waals surface area contributed by atoms with Gasteiger partial charge in [0.1, 0.15) is 12.3 Å². The predicted molar refractivity (Wildman–Crippen MR) is 70.4 cm³/mol. The Hall–Kier alpha value is -2.17. The van der Waals surface area contributed by atoms with E-state index < -0.39 is 5.97 Å². The maximum atomic E-state index is 11.8. The van der Waals surface area contributed by atoms with Gasteiger partial charge in [0.05, 0.1) is 0 Å². The summed E-state index contributed by atoms with van der Waals surface area (Å²) >= 11 is 0. The molecule has 0 spiro atoms. The van der Waals surface area contributed by atoms with Crippen LogP contribution < -0.4 is 0 Å². The summed E-state index contributed by atoms with van der Waals surface area (Å²) in [6.45, 7) is 2.19. The van der Waals surface area contributed by atoms with Gasteiger partial charge >= 0.3 is 5.97 Å². The van der Waals surface area contributed by atoms with Gasteiger partial charge in [0.2, 0.25) is 5.91 Å². The molecule has 1 aliphatic heterocycles. The number of carbonyl (C=O) groups is 2. The number of nitrogens with zero attached hydrogens (tertiary/aromatic N) is 2. The van der Waals surface area contributed by atoms with Crippen molar-refractivity contribution in [3.8, 4) is 0 Å². The molecule has 5 nitrogen and oxygen atoms in total. The zero-order chi connectivity index (χ0) is 13.8. The second-order valence-corrected chi connectivity index (χ2v) is 4.47. The van der Waals surface area contributed by atoms with Gasteiger partial charge in [-0.15, -0.1) is 0 Å². The van der Waals surface area contributed by atoms with Gasteiger partial charge in [-0.25, -0.2) is 9.80 Å². The molecule has 0 aromatic heterocycles. The maximum absolute atomic E-state index is 11.8. The van der Waals surface area contributed by atoms with Crippen molar-refractivity contribution in [2.75, 3.05) is 7.05 Å². The Bertz CT molecular complexity index is 537. The fraction of sp³-hybridized carbons (Fsp3) is 0.357. The van der Waals surface area contributed by atoms with Crippen LogP contribution in [-0.4, -0.2) is 29.6 Å². The van der Waals surface area contributed by atoms with Gasteiger partial charge in [0.15, 0.2) is 0 Å². The zero-order valence-electron chi connectivity index (χ0n) is 11.0. The fourth-order valence-electron chi connectivity index (χ4n) is 1.82. The van der Waals surface area contributed by atoms with Crippen molar-refractivity contribution < 1.29 is 14.3 Å². The average Bonchev–Trinajstić information content (AvgIpc) is 2.40. The number of hydrogen-bond acceptors (Lipinski definition) is 4. The van der Waals surface area contributed by atoms with E-state index in [2.05, 4.69) is 5.10 Å². The molecule has 0 N–H and O–H groups in total. The Morgan fingerprint density at radius 2 is 2.11 bits per heavy atom. The van der Waals surface area contributed by atoms with Crippen LogP contribution >= 0.6 is 0 Å². The highest BCUT2D eigenvalue weighted by Gasteiger charge is 2.23. The third-order valence-corrected chi connectivity index (χ3v) is 3.06. The second-order valence-electron chi connectivity index (χ2n) is 4.47. The van der Waals surface area contributed by atoms with Crippen molar-refractivity contribution in [2.45, 2.75) is 26.4 Å². The van der Waals surface area contributed by atoms with E-state index in [0.717, 1.165) is 11.1 Å². The average molecular weight is 260 g/mol. The molecule has 5 heteroatoms. The molecular weight excluding hydrogens is 244 g/mol. The van der Waals surface area contributed by atoms with E-state index in [0.29, 0.717) is 18.6 Å². The van der Waals surface area contributed by atoms with Crippen LogP contribution in [0.4, 0.5) is 0 Å². The number of ether oxygens (including phenoxy) is 1. The summed E-state index contributed by atoms with van der Waals surface area (Å²) in [5.74, 6) is -0.543. The first kappa shape index (κ1) is 13.3. The summed E-state index contributed by atoms with van der Waals surface area (Å²) in [5, 5.41) is 5.11. The van der Waals surface area contributed by atoms with Crippen LogP contribution in [0.3, 0.4) is 0 Å². The lowest BCUT2D eigenvalue weighted by atomic mass is 10.1. The number of aryl methyl sites for hydroxylation is 1. The number of hydrazone groups is 1. The van der Waals surface area contributed by atoms with Crippen LogP contribution in [0.1, 0.15) is 24.0 Å². The van der Waals surface area contributed by atoms with Crippen LogP contribution in [-0.2, 0) is 20.9 Å². The summed E-state index contributed by atoms with van der Waals surface area (Å²) in [4.78, 5) is 23.1. The first-order chi connectivity index (χ1) is 9.08. The molecule has 0 radical (unpaired) electrons. The summed E-state index contributed by atoms with van der Waals surface area (Å²) in [5.41, 5.74) is 2.35. The van der Waals surface area contributed by atoms with Crippen LogP contribution in [0.5, 0.6) is 0 Å². The summed E-state index contributed by atoms with van der Waals surface area (Å²) in [6.07, 6.45) is 0.643. The van der Waals surface area contributed by atoms with Crippen molar-refractivity contribution >= 4 is 17.6 Å². The maximum Gasteiger partial charge on any atom is 0.354 e. The molecular formula is C14H16N2O3. The Balaban J connectivity index is 1.97. The minimum absolute atomic E-state index is 0.0875. The van der Waals surface area contributed by atoms with Gasteiger partial charge in [-0.05, 0) is 18.1 Å². The first-order valence-corrected chi connectivity index (χ1v) is 6.13. The van der Waals surface area contributed by atoms with Crippen molar-refractivity contribution in [3.05, 3.63) is 35.4 Å². The van der Waals surface area contributed by atoms with Crippen molar-refractivity contribution in [1.82, 2.24) is 5.01 Å². The number of benzene rings is 1. The predicted octanol–water partition coefficient (Wildman–Crippen LogP) is 1.65. The molecule has 0 unspecified atom stereocenters. The zero-order valence-corrected chi connectivity index (χ0v) is 11.0. The molecule has 0 fully saturated rings. The van der Waals surface area contributed by atoms with Gasteiger partial charge in [0, 0.05) is 19.9 Å². The lowest BCUT2D eigenvalue weighted by Gasteiger charge is -2.18. The summed E-state index contributed by atoms with van der Waals surface area (Å²) in [7, 11) is 1.54. The SMILES string of the molecule is Cc1ccccc1COC(=O)C1=NN(C)C(=O)CC1. The highest BCUT2D eigenvalue weighted by molar-refractivity contribution is 6.37. The largest absolute Gasteiger partial charge is 0.456 e. The van der Waals surface area contributed by atoms with E-state index in [-0.39, 0.29) is 12.5 Å². The minimum Gasteiger partial charge on any atom is -0.456 e. The normalized spacial score (nSPS) is 15.2. The molecule has 0 bridgehead atoms. The van der Waals surface area contributed by atoms with Crippen LogP contribution in [0.2, 0.25) is 0 Å². The summed E-state index contributed by atoms with van der Waals surface area (Å²) in [6, 6.07) is 7.72. The Labute approximate surface area is 111 Å². The first-order valence-electron chi connectivity index (χ1n) is 6.13. The van der Waals surface area contributed by atoms with Crippen LogP contribution in [0.15, 0.2) is 29.4 Å². The molecule has 0 saturated heterocycles. The number of esters is 1. The highest BCUT2D eigenvalue weighted by Crippen LogP contribution is 2.11. The molecule has 0 atom stereocenters. The molecule has 0 aliphatic carbocycles. The molecule has 1 aromatic carbocycles. The summed E-state index contributed by atoms with van der Waals surface area (Å²) < 4.78 is 5.22. The van der Waals surface area contributed by atoms with E-state index in [1.165, 1.54) is 12.1 Å². The molecule has 1 amide bonds. The van der Waals surface area contributed by atoms with E-state index in [9.17, 15) is 9.59 Å². The standard InChI is InChI=1S/C14H16N2O3/c1-10-5-3-4-6-11(10)9-19-14(18)12-7-8-13(17)16(2)15-12/h3-6H,7-9H2,1-2H3. The molecule has 0 saturated carbocycles. The van der Waals surface area contributed by atoms with Gasteiger partial charge < -0.3 is 4.74 Å². The number of amides is 1. The number of carbonyl (C=O) groups excluding carboxylic acids is 2. The van der Waals surface area contributed by atoms with Crippen LogP contribution in [0, 0.1) is 6.92 Å². The Morgan fingerprint density at radius 3 is 2.79 bits per heavy atom. The van der Waals surface area contributed by atoms with Crippen LogP contribution in [0.25, 0.3) is 0 Å². The van der Waals surface area contributed by atoms with E-state index in [4.69, 9.17) is 4.74 Å². The lowest BCUT2D eigenvalue weighted by Crippen LogP contribution is -2.32. The number of rotatable bonds is 3. The molecule has 19 heavy (non-hydrogen) atoms. The Kier molecular flexibility index (Phi) is 3.94. The molecule has 2 rings (SSSR count). The molecule has 1 aromatic rings. The van der Waals surface area contributed by atoms with Crippen molar-refractivity contribution in [1.29, 1.82) is 0 Å². The van der Waals surface area contributed by atoms with Gasteiger partial charge in [-0.1, -0.05) is 24.3 Å².